The highest BCUT2D eigenvalue weighted by Gasteiger charge is 2.25. The van der Waals surface area contributed by atoms with Crippen molar-refractivity contribution >= 4 is 22.8 Å². The number of anilines is 2. The fourth-order valence-corrected chi connectivity index (χ4v) is 4.44. The highest BCUT2D eigenvalue weighted by Crippen LogP contribution is 2.27. The Morgan fingerprint density at radius 3 is 2.86 bits per heavy atom. The van der Waals surface area contributed by atoms with Gasteiger partial charge in [0, 0.05) is 24.8 Å². The number of aromatic nitrogens is 4. The Morgan fingerprint density at radius 1 is 1.29 bits per heavy atom. The summed E-state index contributed by atoms with van der Waals surface area (Å²) in [7, 11) is 1.64. The predicted octanol–water partition coefficient (Wildman–Crippen LogP) is 1.28. The van der Waals surface area contributed by atoms with Gasteiger partial charge in [0.1, 0.15) is 16.8 Å². The molecule has 0 saturated carbocycles. The Balaban J connectivity index is 1.61. The molecule has 3 aromatic rings. The summed E-state index contributed by atoms with van der Waals surface area (Å²) in [4.78, 5) is 8.81. The fourth-order valence-electron chi connectivity index (χ4n) is 4.44. The Morgan fingerprint density at radius 2 is 2.14 bits per heavy atom. The summed E-state index contributed by atoms with van der Waals surface area (Å²) in [5, 5.41) is 30.8. The van der Waals surface area contributed by atoms with Gasteiger partial charge in [0.2, 0.25) is 5.95 Å². The molecule has 1 aliphatic rings. The van der Waals surface area contributed by atoms with Gasteiger partial charge >= 0.3 is 0 Å². The summed E-state index contributed by atoms with van der Waals surface area (Å²) in [6.07, 6.45) is 3.66. The van der Waals surface area contributed by atoms with E-state index in [1.165, 1.54) is 0 Å². The molecule has 0 bridgehead atoms. The number of fused-ring (bicyclic) bond motifs is 1. The number of aliphatic hydroxyl groups excluding tert-OH is 2. The smallest absolute Gasteiger partial charge is 0.222 e. The van der Waals surface area contributed by atoms with E-state index in [1.807, 2.05) is 16.8 Å². The number of nitrogen functional groups attached to an aromatic ring is 1. The molecule has 1 fully saturated rings. The standard InChI is InChI=1S/C24H35N7O4/c1-3-4-17(7-8-32)28-23-22-18(29-24(25)30-23)11-27-31(22)12-16-9-15(5-6-21(16)34-2)10-26-19-13-35-14-20(19)33/h5-6,9,11,17,19-20,26,32-33H,3-4,7-8,10,12-14H2,1-2H3,(H3,25,28,29,30)/t17-,19+,20+/m0/s1. The minimum Gasteiger partial charge on any atom is -0.496 e. The maximum absolute atomic E-state index is 9.99. The number of nitrogens with one attached hydrogen (secondary N) is 2. The molecule has 0 unspecified atom stereocenters. The molecular formula is C24H35N7O4. The van der Waals surface area contributed by atoms with Gasteiger partial charge in [0.15, 0.2) is 5.82 Å². The number of hydrogen-bond acceptors (Lipinski definition) is 10. The number of rotatable bonds is 12. The molecule has 35 heavy (non-hydrogen) atoms. The van der Waals surface area contributed by atoms with Gasteiger partial charge < -0.3 is 36.1 Å². The highest BCUT2D eigenvalue weighted by atomic mass is 16.5. The highest BCUT2D eigenvalue weighted by molar-refractivity contribution is 5.86. The maximum Gasteiger partial charge on any atom is 0.222 e. The van der Waals surface area contributed by atoms with Crippen molar-refractivity contribution in [3.63, 3.8) is 0 Å². The zero-order chi connectivity index (χ0) is 24.8. The molecule has 2 aromatic heterocycles. The van der Waals surface area contributed by atoms with Crippen LogP contribution in [0, 0.1) is 0 Å². The first-order valence-corrected chi connectivity index (χ1v) is 12.0. The van der Waals surface area contributed by atoms with Gasteiger partial charge in [-0.25, -0.2) is 4.98 Å². The van der Waals surface area contributed by atoms with Crippen molar-refractivity contribution in [2.24, 2.45) is 0 Å². The number of benzene rings is 1. The molecule has 190 valence electrons. The number of ether oxygens (including phenoxy) is 2. The SMILES string of the molecule is CCC[C@@H](CCO)Nc1nc(N)nc2cnn(Cc3cc(CN[C@@H]4COC[C@H]4O)ccc3OC)c12. The number of nitrogens with zero attached hydrogens (tertiary/aromatic N) is 4. The lowest BCUT2D eigenvalue weighted by Gasteiger charge is -2.19. The van der Waals surface area contributed by atoms with Crippen LogP contribution in [-0.2, 0) is 17.8 Å². The van der Waals surface area contributed by atoms with Gasteiger partial charge in [0.25, 0.3) is 0 Å². The first kappa shape index (κ1) is 25.1. The van der Waals surface area contributed by atoms with E-state index >= 15 is 0 Å². The van der Waals surface area contributed by atoms with Crippen LogP contribution in [0.25, 0.3) is 11.0 Å². The Kier molecular flexibility index (Phi) is 8.34. The van der Waals surface area contributed by atoms with Crippen molar-refractivity contribution < 1.29 is 19.7 Å². The van der Waals surface area contributed by atoms with Crippen molar-refractivity contribution in [3.8, 4) is 5.75 Å². The van der Waals surface area contributed by atoms with Crippen LogP contribution in [0.4, 0.5) is 11.8 Å². The van der Waals surface area contributed by atoms with Crippen LogP contribution in [0.1, 0.15) is 37.3 Å². The van der Waals surface area contributed by atoms with E-state index in [0.29, 0.717) is 44.1 Å². The predicted molar refractivity (Wildman–Crippen MR) is 133 cm³/mol. The third kappa shape index (κ3) is 5.99. The third-order valence-corrected chi connectivity index (χ3v) is 6.25. The van der Waals surface area contributed by atoms with Crippen LogP contribution in [0.15, 0.2) is 24.4 Å². The summed E-state index contributed by atoms with van der Waals surface area (Å²) in [5.41, 5.74) is 9.36. The minimum atomic E-state index is -0.496. The summed E-state index contributed by atoms with van der Waals surface area (Å²) in [6, 6.07) is 5.98. The second-order valence-corrected chi connectivity index (χ2v) is 8.85. The molecule has 11 nitrogen and oxygen atoms in total. The van der Waals surface area contributed by atoms with Crippen molar-refractivity contribution in [3.05, 3.63) is 35.5 Å². The van der Waals surface area contributed by atoms with E-state index in [4.69, 9.17) is 15.2 Å². The average Bonchev–Trinajstić information content (AvgIpc) is 3.43. The number of hydrogen-bond donors (Lipinski definition) is 5. The number of nitrogens with two attached hydrogens (primary N) is 1. The third-order valence-electron chi connectivity index (χ3n) is 6.25. The Labute approximate surface area is 204 Å². The van der Waals surface area contributed by atoms with Gasteiger partial charge in [-0.15, -0.1) is 0 Å². The van der Waals surface area contributed by atoms with Gasteiger partial charge in [-0.3, -0.25) is 4.68 Å². The van der Waals surface area contributed by atoms with Gasteiger partial charge in [-0.1, -0.05) is 19.4 Å². The van der Waals surface area contributed by atoms with Crippen molar-refractivity contribution in [1.29, 1.82) is 0 Å². The number of aliphatic hydroxyl groups is 2. The van der Waals surface area contributed by atoms with Crippen molar-refractivity contribution in [2.45, 2.75) is 57.5 Å². The molecule has 0 aliphatic carbocycles. The monoisotopic (exact) mass is 485 g/mol. The second-order valence-electron chi connectivity index (χ2n) is 8.85. The molecule has 1 aliphatic heterocycles. The lowest BCUT2D eigenvalue weighted by Crippen LogP contribution is -2.38. The van der Waals surface area contributed by atoms with Crippen LogP contribution >= 0.6 is 0 Å². The summed E-state index contributed by atoms with van der Waals surface area (Å²) in [6.45, 7) is 4.08. The maximum atomic E-state index is 9.99. The van der Waals surface area contributed by atoms with Crippen molar-refractivity contribution in [2.75, 3.05) is 38.0 Å². The topological polar surface area (TPSA) is 153 Å². The second kappa shape index (κ2) is 11.6. The number of methoxy groups -OCH3 is 1. The van der Waals surface area contributed by atoms with E-state index < -0.39 is 6.10 Å². The van der Waals surface area contributed by atoms with Crippen LogP contribution in [0.3, 0.4) is 0 Å². The summed E-state index contributed by atoms with van der Waals surface area (Å²) < 4.78 is 12.8. The van der Waals surface area contributed by atoms with Crippen molar-refractivity contribution in [1.82, 2.24) is 25.1 Å². The van der Waals surface area contributed by atoms with Crippen LogP contribution < -0.4 is 21.1 Å². The van der Waals surface area contributed by atoms with Gasteiger partial charge in [-0.2, -0.15) is 10.1 Å². The quantitative estimate of drug-likeness (QED) is 0.254. The molecule has 3 atom stereocenters. The zero-order valence-electron chi connectivity index (χ0n) is 20.3. The average molecular weight is 486 g/mol. The van der Waals surface area contributed by atoms with E-state index in [1.54, 1.807) is 13.3 Å². The molecule has 1 aromatic carbocycles. The molecule has 0 spiro atoms. The minimum absolute atomic E-state index is 0.0599. The lowest BCUT2D eigenvalue weighted by molar-refractivity contribution is 0.122. The van der Waals surface area contributed by atoms with E-state index in [2.05, 4.69) is 38.7 Å². The van der Waals surface area contributed by atoms with Crippen LogP contribution in [0.2, 0.25) is 0 Å². The Bertz CT molecular complexity index is 1120. The Hall–Kier alpha value is -2.99. The van der Waals surface area contributed by atoms with Gasteiger partial charge in [0.05, 0.1) is 45.2 Å². The van der Waals surface area contributed by atoms with E-state index in [0.717, 1.165) is 35.2 Å². The summed E-state index contributed by atoms with van der Waals surface area (Å²) >= 11 is 0. The lowest BCUT2D eigenvalue weighted by atomic mass is 10.1. The molecule has 0 amide bonds. The first-order chi connectivity index (χ1) is 17.0. The summed E-state index contributed by atoms with van der Waals surface area (Å²) in [5.74, 6) is 1.52. The first-order valence-electron chi connectivity index (χ1n) is 12.0. The molecular weight excluding hydrogens is 450 g/mol. The van der Waals surface area contributed by atoms with Gasteiger partial charge in [-0.05, 0) is 30.5 Å². The molecule has 3 heterocycles. The zero-order valence-corrected chi connectivity index (χ0v) is 20.3. The molecule has 1 saturated heterocycles. The largest absolute Gasteiger partial charge is 0.496 e. The van der Waals surface area contributed by atoms with E-state index in [9.17, 15) is 10.2 Å². The molecule has 4 rings (SSSR count). The molecule has 0 radical (unpaired) electrons. The van der Waals surface area contributed by atoms with Crippen LogP contribution in [-0.4, -0.2) is 75.1 Å². The fraction of sp³-hybridized carbons (Fsp3) is 0.542. The van der Waals surface area contributed by atoms with Crippen LogP contribution in [0.5, 0.6) is 5.75 Å². The normalized spacial score (nSPS) is 18.7. The van der Waals surface area contributed by atoms with E-state index in [-0.39, 0.29) is 24.6 Å². The molecule has 6 N–H and O–H groups in total. The molecule has 11 heteroatoms.